The molecule has 12 heteroatoms. The number of hydrogen-bond acceptors (Lipinski definition) is 7. The molecule has 1 saturated heterocycles. The lowest BCUT2D eigenvalue weighted by atomic mass is 9.92. The summed E-state index contributed by atoms with van der Waals surface area (Å²) in [6, 6.07) is 8.61. The Balaban J connectivity index is 1.32. The maximum absolute atomic E-state index is 13.1. The summed E-state index contributed by atoms with van der Waals surface area (Å²) in [7, 11) is 0. The number of ether oxygens (including phenoxy) is 1. The number of hydrogen-bond donors (Lipinski definition) is 1. The molecule has 0 amide bonds. The summed E-state index contributed by atoms with van der Waals surface area (Å²) in [6.45, 7) is 1.02. The average molecular weight is 496 g/mol. The third kappa shape index (κ3) is 4.96. The summed E-state index contributed by atoms with van der Waals surface area (Å²) in [6.07, 6.45) is 1.22. The number of piperidine rings is 1. The van der Waals surface area contributed by atoms with Gasteiger partial charge in [-0.3, -0.25) is 0 Å². The fourth-order valence-corrected chi connectivity index (χ4v) is 5.01. The molecule has 0 spiro atoms. The molecule has 1 aliphatic carbocycles. The number of nitrogens with one attached hydrogen (secondary N) is 1. The molecule has 0 unspecified atom stereocenters. The number of halogens is 4. The van der Waals surface area contributed by atoms with Crippen LogP contribution >= 0.6 is 23.2 Å². The number of aromatic nitrogens is 5. The summed E-state index contributed by atoms with van der Waals surface area (Å²) in [5.41, 5.74) is 0.946. The number of benzene rings is 1. The van der Waals surface area contributed by atoms with Gasteiger partial charge in [-0.05, 0) is 42.9 Å². The Morgan fingerprint density at radius 2 is 1.94 bits per heavy atom. The number of fused-ring (bicyclic) bond motifs is 2. The predicted molar refractivity (Wildman–Crippen MR) is 120 cm³/mol. The highest BCUT2D eigenvalue weighted by Gasteiger charge is 2.42. The van der Waals surface area contributed by atoms with Gasteiger partial charge in [0, 0.05) is 30.2 Å². The van der Waals surface area contributed by atoms with Gasteiger partial charge in [0.15, 0.2) is 5.15 Å². The zero-order valence-electron chi connectivity index (χ0n) is 17.4. The fourth-order valence-electron chi connectivity index (χ4n) is 4.67. The van der Waals surface area contributed by atoms with Crippen molar-refractivity contribution in [2.24, 2.45) is 11.8 Å². The van der Waals surface area contributed by atoms with E-state index in [1.54, 1.807) is 30.5 Å². The van der Waals surface area contributed by atoms with Gasteiger partial charge in [0.1, 0.15) is 12.3 Å². The molecule has 2 fully saturated rings. The summed E-state index contributed by atoms with van der Waals surface area (Å²) in [5, 5.41) is 16.2. The first-order chi connectivity index (χ1) is 15.9. The highest BCUT2D eigenvalue weighted by atomic mass is 35.5. The Bertz CT molecular complexity index is 1120. The van der Waals surface area contributed by atoms with E-state index in [0.29, 0.717) is 27.8 Å². The van der Waals surface area contributed by atoms with Crippen LogP contribution in [0.15, 0.2) is 36.5 Å². The van der Waals surface area contributed by atoms with Crippen molar-refractivity contribution in [3.8, 4) is 11.8 Å². The molecule has 1 N–H and O–H groups in total. The minimum atomic E-state index is -2.60. The number of anilines is 2. The van der Waals surface area contributed by atoms with Crippen LogP contribution in [0.5, 0.6) is 11.8 Å². The lowest BCUT2D eigenvalue weighted by Gasteiger charge is -2.39. The molecule has 5 rings (SSSR count). The van der Waals surface area contributed by atoms with E-state index in [4.69, 9.17) is 27.9 Å². The lowest BCUT2D eigenvalue weighted by Crippen LogP contribution is -2.48. The zero-order chi connectivity index (χ0) is 22.9. The molecule has 2 aromatic heterocycles. The molecule has 174 valence electrons. The Hall–Kier alpha value is -2.72. The van der Waals surface area contributed by atoms with Gasteiger partial charge in [-0.15, -0.1) is 10.2 Å². The van der Waals surface area contributed by atoms with Crippen LogP contribution in [0.4, 0.5) is 20.4 Å². The molecule has 1 aromatic carbocycles. The molecule has 1 saturated carbocycles. The number of alkyl halides is 2. The predicted octanol–water partition coefficient (Wildman–Crippen LogP) is 4.76. The normalized spacial score (nSPS) is 22.1. The summed E-state index contributed by atoms with van der Waals surface area (Å²) >= 11 is 12.0. The molecule has 33 heavy (non-hydrogen) atoms. The van der Waals surface area contributed by atoms with Gasteiger partial charge < -0.3 is 15.0 Å². The van der Waals surface area contributed by atoms with Crippen molar-refractivity contribution < 1.29 is 13.5 Å². The molecule has 0 radical (unpaired) electrons. The van der Waals surface area contributed by atoms with Gasteiger partial charge in [0.25, 0.3) is 6.43 Å². The van der Waals surface area contributed by atoms with Crippen molar-refractivity contribution in [2.45, 2.75) is 31.9 Å². The van der Waals surface area contributed by atoms with E-state index in [-0.39, 0.29) is 18.0 Å². The van der Waals surface area contributed by atoms with Crippen molar-refractivity contribution in [2.75, 3.05) is 23.3 Å². The van der Waals surface area contributed by atoms with Crippen molar-refractivity contribution in [1.29, 1.82) is 0 Å². The van der Waals surface area contributed by atoms with Gasteiger partial charge in [0.2, 0.25) is 5.95 Å². The molecule has 3 atom stereocenters. The van der Waals surface area contributed by atoms with E-state index in [9.17, 15) is 8.78 Å². The van der Waals surface area contributed by atoms with E-state index in [1.807, 2.05) is 6.07 Å². The first kappa shape index (κ1) is 22.1. The Kier molecular flexibility index (Phi) is 6.20. The van der Waals surface area contributed by atoms with Crippen molar-refractivity contribution in [1.82, 2.24) is 25.0 Å². The smallest absolute Gasteiger partial charge is 0.322 e. The van der Waals surface area contributed by atoms with Crippen LogP contribution in [0, 0.1) is 11.8 Å². The highest BCUT2D eigenvalue weighted by molar-refractivity contribution is 6.30. The van der Waals surface area contributed by atoms with E-state index < -0.39 is 13.0 Å². The molecular weight excluding hydrogens is 475 g/mol. The van der Waals surface area contributed by atoms with E-state index in [0.717, 1.165) is 36.3 Å². The second-order valence-corrected chi connectivity index (χ2v) is 9.08. The molecule has 2 bridgehead atoms. The van der Waals surface area contributed by atoms with Gasteiger partial charge in [0.05, 0.1) is 11.9 Å². The molecule has 2 aliphatic rings. The van der Waals surface area contributed by atoms with Crippen LogP contribution in [-0.4, -0.2) is 50.5 Å². The molecule has 8 nitrogen and oxygen atoms in total. The van der Waals surface area contributed by atoms with Gasteiger partial charge in [-0.1, -0.05) is 29.3 Å². The van der Waals surface area contributed by atoms with E-state index in [2.05, 4.69) is 30.5 Å². The third-order valence-electron chi connectivity index (χ3n) is 6.06. The monoisotopic (exact) mass is 495 g/mol. The maximum atomic E-state index is 13.1. The molecule has 3 heterocycles. The van der Waals surface area contributed by atoms with E-state index in [1.165, 1.54) is 0 Å². The highest BCUT2D eigenvalue weighted by Crippen LogP contribution is 2.40. The van der Waals surface area contributed by atoms with Gasteiger partial charge >= 0.3 is 6.01 Å². The lowest BCUT2D eigenvalue weighted by molar-refractivity contribution is 0.118. The second kappa shape index (κ2) is 9.26. The molecular formula is C21H21Cl2F2N7O. The van der Waals surface area contributed by atoms with Crippen LogP contribution in [0.2, 0.25) is 10.2 Å². The summed E-state index contributed by atoms with van der Waals surface area (Å²) in [4.78, 5) is 6.62. The van der Waals surface area contributed by atoms with Crippen molar-refractivity contribution in [3.63, 3.8) is 0 Å². The van der Waals surface area contributed by atoms with Crippen LogP contribution in [0.1, 0.15) is 12.8 Å². The molecule has 1 aliphatic heterocycles. The van der Waals surface area contributed by atoms with Crippen molar-refractivity contribution >= 4 is 34.8 Å². The quantitative estimate of drug-likeness (QED) is 0.505. The zero-order valence-corrected chi connectivity index (χ0v) is 18.9. The van der Waals surface area contributed by atoms with Crippen LogP contribution in [-0.2, 0) is 6.54 Å². The first-order valence-electron chi connectivity index (χ1n) is 10.6. The molecule has 3 aromatic rings. The number of rotatable bonds is 7. The Labute approximate surface area is 198 Å². The summed E-state index contributed by atoms with van der Waals surface area (Å²) in [5.74, 6) is 1.36. The SMILES string of the molecule is FC(F)Cn1nc(N[C@H]2[C@@H]3CC[C@H]2CN(c2cnnc(Cl)c2)C3)nc1Oc1cccc(Cl)c1. The second-order valence-electron chi connectivity index (χ2n) is 8.26. The van der Waals surface area contributed by atoms with Crippen LogP contribution in [0.25, 0.3) is 0 Å². The van der Waals surface area contributed by atoms with Crippen molar-refractivity contribution in [3.05, 3.63) is 46.7 Å². The minimum Gasteiger partial charge on any atom is -0.424 e. The van der Waals surface area contributed by atoms with Gasteiger partial charge in [-0.25, -0.2) is 13.5 Å². The topological polar surface area (TPSA) is 81.0 Å². The third-order valence-corrected chi connectivity index (χ3v) is 6.48. The first-order valence-corrected chi connectivity index (χ1v) is 11.4. The standard InChI is InChI=1S/C21H21Cl2F2N7O/c22-14-2-1-3-16(6-14)33-21-28-20(30-32(21)11-18(24)25)27-19-12-4-5-13(19)10-31(9-12)15-7-17(23)29-26-8-15/h1-3,6-8,12-13,18-19H,4-5,9-11H2,(H,27,30)/t12-,13+,19+. The summed E-state index contributed by atoms with van der Waals surface area (Å²) < 4.78 is 33.0. The largest absolute Gasteiger partial charge is 0.424 e. The van der Waals surface area contributed by atoms with Crippen LogP contribution in [0.3, 0.4) is 0 Å². The Morgan fingerprint density at radius 1 is 1.15 bits per heavy atom. The fraction of sp³-hybridized carbons (Fsp3) is 0.429. The van der Waals surface area contributed by atoms with Crippen LogP contribution < -0.4 is 15.0 Å². The minimum absolute atomic E-state index is 0.0117. The average Bonchev–Trinajstić information content (AvgIpc) is 3.22. The van der Waals surface area contributed by atoms with Gasteiger partial charge in [-0.2, -0.15) is 10.1 Å². The maximum Gasteiger partial charge on any atom is 0.322 e. The van der Waals surface area contributed by atoms with E-state index >= 15 is 0 Å². The number of nitrogens with zero attached hydrogens (tertiary/aromatic N) is 6. The Morgan fingerprint density at radius 3 is 2.64 bits per heavy atom.